The van der Waals surface area contributed by atoms with Gasteiger partial charge in [-0.05, 0) is 37.0 Å². The molecule has 0 spiro atoms. The summed E-state index contributed by atoms with van der Waals surface area (Å²) in [5, 5.41) is 5.93. The van der Waals surface area contributed by atoms with Crippen LogP contribution in [0, 0.1) is 0 Å². The summed E-state index contributed by atoms with van der Waals surface area (Å²) in [6.07, 6.45) is 5.34. The van der Waals surface area contributed by atoms with Crippen molar-refractivity contribution in [2.75, 3.05) is 6.54 Å². The summed E-state index contributed by atoms with van der Waals surface area (Å²) in [7, 11) is 3.56. The molecule has 0 aliphatic heterocycles. The Kier molecular flexibility index (Phi) is 4.41. The molecule has 0 radical (unpaired) electrons. The lowest BCUT2D eigenvalue weighted by Gasteiger charge is -2.13. The summed E-state index contributed by atoms with van der Waals surface area (Å²) in [6, 6.07) is 6.26. The lowest BCUT2D eigenvalue weighted by atomic mass is 10.1. The molecule has 1 fully saturated rings. The maximum atomic E-state index is 11.9. The molecule has 1 aliphatic rings. The van der Waals surface area contributed by atoms with E-state index in [2.05, 4.69) is 10.6 Å². The van der Waals surface area contributed by atoms with Crippen LogP contribution in [0.2, 0.25) is 0 Å². The summed E-state index contributed by atoms with van der Waals surface area (Å²) in [5.41, 5.74) is 2.93. The van der Waals surface area contributed by atoms with Crippen molar-refractivity contribution in [2.24, 2.45) is 14.1 Å². The van der Waals surface area contributed by atoms with Crippen LogP contribution in [0.4, 0.5) is 4.79 Å². The van der Waals surface area contributed by atoms with Crippen LogP contribution < -0.4 is 16.3 Å². The third kappa shape index (κ3) is 3.25. The lowest BCUT2D eigenvalue weighted by molar-refractivity contribution is 0.237. The van der Waals surface area contributed by atoms with Crippen LogP contribution in [0.1, 0.15) is 31.2 Å². The van der Waals surface area contributed by atoms with E-state index in [4.69, 9.17) is 0 Å². The number of fused-ring (bicyclic) bond motifs is 1. The summed E-state index contributed by atoms with van der Waals surface area (Å²) in [5.74, 6) is 0. The van der Waals surface area contributed by atoms with Crippen molar-refractivity contribution < 1.29 is 4.79 Å². The number of hydrogen-bond acceptors (Lipinski definition) is 2. The van der Waals surface area contributed by atoms with Crippen LogP contribution in [0.3, 0.4) is 0 Å². The SMILES string of the molecule is Cn1c(=O)n(C)c2cc(CCNC(=O)NC3CCCC3)ccc21. The summed E-state index contributed by atoms with van der Waals surface area (Å²) in [6.45, 7) is 0.588. The first-order valence-corrected chi connectivity index (χ1v) is 8.25. The number of aryl methyl sites for hydroxylation is 2. The Labute approximate surface area is 135 Å². The molecule has 3 rings (SSSR count). The van der Waals surface area contributed by atoms with E-state index in [1.54, 1.807) is 23.2 Å². The van der Waals surface area contributed by atoms with E-state index < -0.39 is 0 Å². The Morgan fingerprint density at radius 3 is 2.61 bits per heavy atom. The standard InChI is InChI=1S/C17H24N4O2/c1-20-14-8-7-12(11-15(14)21(2)17(20)23)9-10-18-16(22)19-13-5-3-4-6-13/h7-8,11,13H,3-6,9-10H2,1-2H3,(H2,18,19,22). The molecule has 124 valence electrons. The van der Waals surface area contributed by atoms with Crippen LogP contribution in [0.5, 0.6) is 0 Å². The Morgan fingerprint density at radius 2 is 1.87 bits per heavy atom. The molecule has 0 atom stereocenters. The summed E-state index contributed by atoms with van der Waals surface area (Å²) >= 11 is 0. The van der Waals surface area contributed by atoms with Gasteiger partial charge in [0, 0.05) is 26.7 Å². The minimum absolute atomic E-state index is 0.0220. The fraction of sp³-hybridized carbons (Fsp3) is 0.529. The fourth-order valence-electron chi connectivity index (χ4n) is 3.33. The topological polar surface area (TPSA) is 68.1 Å². The third-order valence-electron chi connectivity index (χ3n) is 4.73. The number of nitrogens with one attached hydrogen (secondary N) is 2. The van der Waals surface area contributed by atoms with Gasteiger partial charge in [0.05, 0.1) is 11.0 Å². The third-order valence-corrected chi connectivity index (χ3v) is 4.73. The van der Waals surface area contributed by atoms with Crippen molar-refractivity contribution in [1.29, 1.82) is 0 Å². The van der Waals surface area contributed by atoms with Crippen LogP contribution in [-0.4, -0.2) is 27.8 Å². The van der Waals surface area contributed by atoms with Gasteiger partial charge in [-0.1, -0.05) is 18.9 Å². The first-order valence-electron chi connectivity index (χ1n) is 8.25. The molecule has 1 aromatic carbocycles. The predicted octanol–water partition coefficient (Wildman–Crippen LogP) is 1.66. The van der Waals surface area contributed by atoms with Crippen LogP contribution in [0.15, 0.2) is 23.0 Å². The Morgan fingerprint density at radius 1 is 1.17 bits per heavy atom. The van der Waals surface area contributed by atoms with Gasteiger partial charge in [-0.15, -0.1) is 0 Å². The van der Waals surface area contributed by atoms with E-state index in [-0.39, 0.29) is 11.7 Å². The van der Waals surface area contributed by atoms with E-state index >= 15 is 0 Å². The van der Waals surface area contributed by atoms with Crippen molar-refractivity contribution in [3.05, 3.63) is 34.2 Å². The minimum atomic E-state index is -0.0786. The maximum Gasteiger partial charge on any atom is 0.328 e. The van der Waals surface area contributed by atoms with Crippen molar-refractivity contribution in [2.45, 2.75) is 38.1 Å². The first-order chi connectivity index (χ1) is 11.1. The fourth-order valence-corrected chi connectivity index (χ4v) is 3.33. The number of imidazole rings is 1. The number of aromatic nitrogens is 2. The number of carbonyl (C=O) groups is 1. The number of carbonyl (C=O) groups excluding carboxylic acids is 1. The average molecular weight is 316 g/mol. The Hall–Kier alpha value is -2.24. The number of hydrogen-bond donors (Lipinski definition) is 2. The van der Waals surface area contributed by atoms with Gasteiger partial charge in [0.15, 0.2) is 0 Å². The second-order valence-electron chi connectivity index (χ2n) is 6.36. The highest BCUT2D eigenvalue weighted by Gasteiger charge is 2.16. The number of amides is 2. The van der Waals surface area contributed by atoms with Crippen molar-refractivity contribution >= 4 is 17.1 Å². The largest absolute Gasteiger partial charge is 0.338 e. The van der Waals surface area contributed by atoms with Gasteiger partial charge in [0.2, 0.25) is 0 Å². The molecule has 0 saturated heterocycles. The number of rotatable bonds is 4. The summed E-state index contributed by atoms with van der Waals surface area (Å²) in [4.78, 5) is 23.8. The van der Waals surface area contributed by atoms with Gasteiger partial charge >= 0.3 is 11.7 Å². The highest BCUT2D eigenvalue weighted by molar-refractivity contribution is 5.77. The predicted molar refractivity (Wildman–Crippen MR) is 90.7 cm³/mol. The van der Waals surface area contributed by atoms with Crippen LogP contribution in [-0.2, 0) is 20.5 Å². The van der Waals surface area contributed by atoms with E-state index in [9.17, 15) is 9.59 Å². The van der Waals surface area contributed by atoms with Gasteiger partial charge in [-0.2, -0.15) is 0 Å². The average Bonchev–Trinajstić information content (AvgIpc) is 3.11. The molecule has 2 amide bonds. The first kappa shape index (κ1) is 15.6. The number of nitrogens with zero attached hydrogens (tertiary/aromatic N) is 2. The van der Waals surface area contributed by atoms with E-state index in [1.165, 1.54) is 12.8 Å². The normalized spacial score (nSPS) is 15.2. The molecule has 6 heteroatoms. The molecule has 23 heavy (non-hydrogen) atoms. The second kappa shape index (κ2) is 6.48. The number of benzene rings is 1. The monoisotopic (exact) mass is 316 g/mol. The molecular formula is C17H24N4O2. The molecule has 1 aliphatic carbocycles. The molecule has 1 heterocycles. The zero-order valence-electron chi connectivity index (χ0n) is 13.8. The second-order valence-corrected chi connectivity index (χ2v) is 6.36. The molecule has 0 bridgehead atoms. The highest BCUT2D eigenvalue weighted by Crippen LogP contribution is 2.17. The smallest absolute Gasteiger partial charge is 0.328 e. The van der Waals surface area contributed by atoms with Gasteiger partial charge in [0.1, 0.15) is 0 Å². The Bertz CT molecular complexity index is 769. The molecule has 6 nitrogen and oxygen atoms in total. The quantitative estimate of drug-likeness (QED) is 0.901. The number of urea groups is 1. The van der Waals surface area contributed by atoms with Crippen molar-refractivity contribution in [1.82, 2.24) is 19.8 Å². The molecular weight excluding hydrogens is 292 g/mol. The molecule has 2 aromatic rings. The highest BCUT2D eigenvalue weighted by atomic mass is 16.2. The van der Waals surface area contributed by atoms with Gasteiger partial charge in [-0.25, -0.2) is 9.59 Å². The zero-order valence-corrected chi connectivity index (χ0v) is 13.8. The lowest BCUT2D eigenvalue weighted by Crippen LogP contribution is -2.41. The maximum absolute atomic E-state index is 11.9. The van der Waals surface area contributed by atoms with Crippen molar-refractivity contribution in [3.63, 3.8) is 0 Å². The van der Waals surface area contributed by atoms with Crippen LogP contribution >= 0.6 is 0 Å². The van der Waals surface area contributed by atoms with Crippen molar-refractivity contribution in [3.8, 4) is 0 Å². The van der Waals surface area contributed by atoms with E-state index in [0.29, 0.717) is 12.6 Å². The minimum Gasteiger partial charge on any atom is -0.338 e. The molecule has 0 unspecified atom stereocenters. The summed E-state index contributed by atoms with van der Waals surface area (Å²) < 4.78 is 3.30. The molecule has 2 N–H and O–H groups in total. The van der Waals surface area contributed by atoms with Crippen LogP contribution in [0.25, 0.3) is 11.0 Å². The van der Waals surface area contributed by atoms with Gasteiger partial charge < -0.3 is 10.6 Å². The van der Waals surface area contributed by atoms with E-state index in [1.807, 2.05) is 18.2 Å². The zero-order chi connectivity index (χ0) is 16.4. The molecule has 1 aromatic heterocycles. The molecule has 1 saturated carbocycles. The van der Waals surface area contributed by atoms with Gasteiger partial charge in [0.25, 0.3) is 0 Å². The van der Waals surface area contributed by atoms with E-state index in [0.717, 1.165) is 35.9 Å². The Balaban J connectivity index is 1.58. The van der Waals surface area contributed by atoms with Gasteiger partial charge in [-0.3, -0.25) is 9.13 Å².